The van der Waals surface area contributed by atoms with Gasteiger partial charge in [0.05, 0.1) is 3.79 Å². The fourth-order valence-corrected chi connectivity index (χ4v) is 4.22. The Bertz CT molecular complexity index is 360. The van der Waals surface area contributed by atoms with Crippen LogP contribution in [0.3, 0.4) is 0 Å². The van der Waals surface area contributed by atoms with Gasteiger partial charge in [-0.25, -0.2) is 0 Å². The maximum Gasteiger partial charge on any atom is 0.0701 e. The van der Waals surface area contributed by atoms with Gasteiger partial charge in [-0.2, -0.15) is 0 Å². The molecule has 1 aliphatic heterocycles. The molecule has 0 amide bonds. The van der Waals surface area contributed by atoms with Crippen molar-refractivity contribution in [1.29, 1.82) is 0 Å². The molecular weight excluding hydrogens is 308 g/mol. The highest BCUT2D eigenvalue weighted by molar-refractivity contribution is 9.11. The topological polar surface area (TPSA) is 15.3 Å². The molecule has 0 aromatic carbocycles. The summed E-state index contributed by atoms with van der Waals surface area (Å²) < 4.78 is 1.24. The standard InChI is InChI=1S/C14H23BrN2S/c1-3-17(10-12-5-4-8-16-9-12)11(2)13-6-7-14(15)18-13/h6-7,11-12,16H,3-5,8-10H2,1-2H3. The molecule has 1 aromatic heterocycles. The number of nitrogens with one attached hydrogen (secondary N) is 1. The molecule has 2 heterocycles. The summed E-state index contributed by atoms with van der Waals surface area (Å²) in [7, 11) is 0. The molecule has 2 unspecified atom stereocenters. The first-order valence-electron chi connectivity index (χ1n) is 6.90. The Kier molecular flexibility index (Phi) is 5.67. The predicted octanol–water partition coefficient (Wildman–Crippen LogP) is 3.89. The van der Waals surface area contributed by atoms with Crippen LogP contribution in [-0.4, -0.2) is 31.1 Å². The van der Waals surface area contributed by atoms with Gasteiger partial charge in [0, 0.05) is 17.5 Å². The van der Waals surface area contributed by atoms with E-state index >= 15 is 0 Å². The normalized spacial score (nSPS) is 22.3. The zero-order valence-electron chi connectivity index (χ0n) is 11.3. The Morgan fingerprint density at radius 3 is 2.94 bits per heavy atom. The van der Waals surface area contributed by atoms with Gasteiger partial charge in [-0.1, -0.05) is 6.92 Å². The average Bonchev–Trinajstić information content (AvgIpc) is 2.83. The van der Waals surface area contributed by atoms with Crippen LogP contribution in [0, 0.1) is 5.92 Å². The van der Waals surface area contributed by atoms with Crippen molar-refractivity contribution in [2.75, 3.05) is 26.2 Å². The van der Waals surface area contributed by atoms with Crippen LogP contribution in [0.2, 0.25) is 0 Å². The van der Waals surface area contributed by atoms with Crippen LogP contribution >= 0.6 is 27.3 Å². The van der Waals surface area contributed by atoms with Gasteiger partial charge in [-0.05, 0) is 73.4 Å². The lowest BCUT2D eigenvalue weighted by Crippen LogP contribution is -2.39. The molecule has 0 radical (unpaired) electrons. The predicted molar refractivity (Wildman–Crippen MR) is 83.3 cm³/mol. The second-order valence-electron chi connectivity index (χ2n) is 5.12. The lowest BCUT2D eigenvalue weighted by atomic mass is 9.98. The molecule has 2 nitrogen and oxygen atoms in total. The third kappa shape index (κ3) is 3.80. The van der Waals surface area contributed by atoms with Gasteiger partial charge in [-0.15, -0.1) is 11.3 Å². The third-order valence-corrected chi connectivity index (χ3v) is 5.65. The smallest absolute Gasteiger partial charge is 0.0701 e. The van der Waals surface area contributed by atoms with Gasteiger partial charge in [0.25, 0.3) is 0 Å². The Morgan fingerprint density at radius 1 is 1.56 bits per heavy atom. The minimum absolute atomic E-state index is 0.535. The minimum atomic E-state index is 0.535. The third-order valence-electron chi connectivity index (χ3n) is 3.85. The molecule has 0 spiro atoms. The van der Waals surface area contributed by atoms with Crippen molar-refractivity contribution in [3.63, 3.8) is 0 Å². The molecule has 1 fully saturated rings. The lowest BCUT2D eigenvalue weighted by Gasteiger charge is -2.33. The summed E-state index contributed by atoms with van der Waals surface area (Å²) in [4.78, 5) is 4.07. The first kappa shape index (κ1) is 14.5. The number of hydrogen-bond acceptors (Lipinski definition) is 3. The molecule has 18 heavy (non-hydrogen) atoms. The van der Waals surface area contributed by atoms with Gasteiger partial charge in [-0.3, -0.25) is 4.90 Å². The van der Waals surface area contributed by atoms with Crippen LogP contribution < -0.4 is 5.32 Å². The number of hydrogen-bond donors (Lipinski definition) is 1. The maximum absolute atomic E-state index is 3.56. The van der Waals surface area contributed by atoms with Crippen LogP contribution in [0.1, 0.15) is 37.6 Å². The first-order chi connectivity index (χ1) is 8.70. The molecule has 4 heteroatoms. The Morgan fingerprint density at radius 2 is 2.39 bits per heavy atom. The summed E-state index contributed by atoms with van der Waals surface area (Å²) in [5.41, 5.74) is 0. The lowest BCUT2D eigenvalue weighted by molar-refractivity contribution is 0.173. The second kappa shape index (κ2) is 7.04. The zero-order chi connectivity index (χ0) is 13.0. The number of piperidine rings is 1. The molecule has 2 atom stereocenters. The van der Waals surface area contributed by atoms with E-state index in [1.807, 2.05) is 11.3 Å². The van der Waals surface area contributed by atoms with E-state index in [2.05, 4.69) is 52.1 Å². The highest BCUT2D eigenvalue weighted by Gasteiger charge is 2.21. The fourth-order valence-electron chi connectivity index (χ4n) is 2.71. The van der Waals surface area contributed by atoms with Crippen molar-refractivity contribution in [2.24, 2.45) is 5.92 Å². The molecule has 1 saturated heterocycles. The van der Waals surface area contributed by atoms with E-state index in [1.54, 1.807) is 0 Å². The minimum Gasteiger partial charge on any atom is -0.316 e. The first-order valence-corrected chi connectivity index (χ1v) is 8.51. The van der Waals surface area contributed by atoms with E-state index in [1.165, 1.54) is 41.1 Å². The van der Waals surface area contributed by atoms with E-state index in [0.29, 0.717) is 6.04 Å². The highest BCUT2D eigenvalue weighted by atomic mass is 79.9. The number of rotatable bonds is 5. The summed E-state index contributed by atoms with van der Waals surface area (Å²) in [6.45, 7) is 9.36. The molecule has 1 aliphatic rings. The van der Waals surface area contributed by atoms with Crippen molar-refractivity contribution >= 4 is 27.3 Å². The molecule has 0 aliphatic carbocycles. The van der Waals surface area contributed by atoms with E-state index in [9.17, 15) is 0 Å². The van der Waals surface area contributed by atoms with Gasteiger partial charge in [0.1, 0.15) is 0 Å². The van der Waals surface area contributed by atoms with Crippen molar-refractivity contribution in [3.8, 4) is 0 Å². The van der Waals surface area contributed by atoms with Crippen LogP contribution in [0.4, 0.5) is 0 Å². The largest absolute Gasteiger partial charge is 0.316 e. The Hall–Kier alpha value is 0.1000. The van der Waals surface area contributed by atoms with E-state index in [4.69, 9.17) is 0 Å². The number of nitrogens with zero attached hydrogens (tertiary/aromatic N) is 1. The maximum atomic E-state index is 3.56. The van der Waals surface area contributed by atoms with Crippen molar-refractivity contribution in [3.05, 3.63) is 20.8 Å². The van der Waals surface area contributed by atoms with Gasteiger partial charge in [0.15, 0.2) is 0 Å². The molecule has 0 saturated carbocycles. The molecule has 1 N–H and O–H groups in total. The summed E-state index contributed by atoms with van der Waals surface area (Å²) in [5.74, 6) is 0.824. The van der Waals surface area contributed by atoms with Crippen LogP contribution in [-0.2, 0) is 0 Å². The van der Waals surface area contributed by atoms with E-state index in [-0.39, 0.29) is 0 Å². The Balaban J connectivity index is 1.94. The van der Waals surface area contributed by atoms with Crippen molar-refractivity contribution < 1.29 is 0 Å². The van der Waals surface area contributed by atoms with Gasteiger partial charge < -0.3 is 5.32 Å². The van der Waals surface area contributed by atoms with Crippen LogP contribution in [0.5, 0.6) is 0 Å². The summed E-state index contributed by atoms with van der Waals surface area (Å²) in [6, 6.07) is 4.95. The molecule has 1 aromatic rings. The zero-order valence-corrected chi connectivity index (χ0v) is 13.7. The van der Waals surface area contributed by atoms with Crippen molar-refractivity contribution in [2.45, 2.75) is 32.7 Å². The number of halogens is 1. The highest BCUT2D eigenvalue weighted by Crippen LogP contribution is 2.31. The van der Waals surface area contributed by atoms with E-state index < -0.39 is 0 Å². The number of thiophene rings is 1. The molecule has 0 bridgehead atoms. The van der Waals surface area contributed by atoms with E-state index in [0.717, 1.165) is 12.5 Å². The Labute approximate surface area is 123 Å². The van der Waals surface area contributed by atoms with Crippen LogP contribution in [0.15, 0.2) is 15.9 Å². The van der Waals surface area contributed by atoms with Gasteiger partial charge in [0.2, 0.25) is 0 Å². The summed E-state index contributed by atoms with van der Waals surface area (Å²) >= 11 is 5.42. The van der Waals surface area contributed by atoms with Gasteiger partial charge >= 0.3 is 0 Å². The quantitative estimate of drug-likeness (QED) is 0.880. The molecular formula is C14H23BrN2S. The SMILES string of the molecule is CCN(CC1CCCNC1)C(C)c1ccc(Br)s1. The summed E-state index contributed by atoms with van der Waals surface area (Å²) in [6.07, 6.45) is 2.71. The molecule has 102 valence electrons. The fraction of sp³-hybridized carbons (Fsp3) is 0.714. The monoisotopic (exact) mass is 330 g/mol. The van der Waals surface area contributed by atoms with Crippen molar-refractivity contribution in [1.82, 2.24) is 10.2 Å². The van der Waals surface area contributed by atoms with Crippen LogP contribution in [0.25, 0.3) is 0 Å². The molecule has 2 rings (SSSR count). The second-order valence-corrected chi connectivity index (χ2v) is 7.61. The average molecular weight is 331 g/mol. The summed E-state index contributed by atoms with van der Waals surface area (Å²) in [5, 5.41) is 3.52.